The van der Waals surface area contributed by atoms with Crippen LogP contribution in [-0.2, 0) is 20.0 Å². The average molecular weight is 379 g/mol. The molecule has 27 heavy (non-hydrogen) atoms. The number of halogens is 1. The first-order valence-corrected chi connectivity index (χ1v) is 8.93. The lowest BCUT2D eigenvalue weighted by atomic mass is 10.1. The van der Waals surface area contributed by atoms with Gasteiger partial charge in [-0.05, 0) is 47.9 Å². The van der Waals surface area contributed by atoms with Crippen molar-refractivity contribution in [2.75, 3.05) is 6.54 Å². The number of nitriles is 1. The Labute approximate surface area is 163 Å². The second-order valence-corrected chi connectivity index (χ2v) is 6.73. The van der Waals surface area contributed by atoms with Gasteiger partial charge in [-0.25, -0.2) is 0 Å². The molecule has 0 saturated carbocycles. The van der Waals surface area contributed by atoms with Crippen LogP contribution in [0.25, 0.3) is 0 Å². The molecule has 1 amide bonds. The van der Waals surface area contributed by atoms with E-state index in [9.17, 15) is 4.79 Å². The van der Waals surface area contributed by atoms with Crippen molar-refractivity contribution in [3.8, 4) is 6.07 Å². The lowest BCUT2D eigenvalue weighted by molar-refractivity contribution is 0.0735. The maximum Gasteiger partial charge on any atom is 0.270 e. The molecule has 2 aromatic heterocycles. The predicted octanol–water partition coefficient (Wildman–Crippen LogP) is 3.83. The summed E-state index contributed by atoms with van der Waals surface area (Å²) in [6.07, 6.45) is 5.81. The molecule has 0 atom stereocenters. The Kier molecular flexibility index (Phi) is 5.90. The molecule has 0 fully saturated rings. The predicted molar refractivity (Wildman–Crippen MR) is 104 cm³/mol. The first-order valence-electron chi connectivity index (χ1n) is 8.56. The first kappa shape index (κ1) is 18.7. The average Bonchev–Trinajstić information content (AvgIpc) is 3.07. The molecular weight excluding hydrogens is 360 g/mol. The molecule has 0 aliphatic carbocycles. The van der Waals surface area contributed by atoms with Crippen LogP contribution in [0.5, 0.6) is 0 Å². The normalized spacial score (nSPS) is 10.4. The fourth-order valence-electron chi connectivity index (χ4n) is 2.88. The fourth-order valence-corrected chi connectivity index (χ4v) is 3.00. The van der Waals surface area contributed by atoms with Gasteiger partial charge >= 0.3 is 0 Å². The van der Waals surface area contributed by atoms with Gasteiger partial charge in [0.1, 0.15) is 11.8 Å². The monoisotopic (exact) mass is 378 g/mol. The molecule has 0 spiro atoms. The molecule has 0 saturated heterocycles. The van der Waals surface area contributed by atoms with Crippen LogP contribution in [0.3, 0.4) is 0 Å². The molecule has 0 radical (unpaired) electrons. The van der Waals surface area contributed by atoms with E-state index in [0.717, 1.165) is 11.1 Å². The number of nitrogens with zero attached hydrogens (tertiary/aromatic N) is 4. The number of hydrogen-bond acceptors (Lipinski definition) is 3. The van der Waals surface area contributed by atoms with E-state index < -0.39 is 0 Å². The van der Waals surface area contributed by atoms with Gasteiger partial charge in [-0.2, -0.15) is 5.26 Å². The highest BCUT2D eigenvalue weighted by Gasteiger charge is 2.20. The van der Waals surface area contributed by atoms with Crippen LogP contribution >= 0.6 is 11.6 Å². The van der Waals surface area contributed by atoms with Crippen LogP contribution in [0.15, 0.2) is 61.1 Å². The molecule has 3 rings (SSSR count). The number of carbonyl (C=O) groups is 1. The smallest absolute Gasteiger partial charge is 0.270 e. The highest BCUT2D eigenvalue weighted by molar-refractivity contribution is 6.30. The van der Waals surface area contributed by atoms with Crippen molar-refractivity contribution in [3.63, 3.8) is 0 Å². The number of pyridine rings is 1. The zero-order valence-electron chi connectivity index (χ0n) is 15.0. The van der Waals surface area contributed by atoms with Crippen molar-refractivity contribution in [2.24, 2.45) is 7.05 Å². The molecular formula is C21H19ClN4O. The Morgan fingerprint density at radius 1 is 1.19 bits per heavy atom. The summed E-state index contributed by atoms with van der Waals surface area (Å²) in [5, 5.41) is 9.79. The highest BCUT2D eigenvalue weighted by atomic mass is 35.5. The summed E-state index contributed by atoms with van der Waals surface area (Å²) in [5.41, 5.74) is 3.08. The van der Waals surface area contributed by atoms with Gasteiger partial charge in [-0.1, -0.05) is 23.7 Å². The molecule has 0 aliphatic rings. The summed E-state index contributed by atoms with van der Waals surface area (Å²) in [4.78, 5) is 19.0. The van der Waals surface area contributed by atoms with E-state index in [1.165, 1.54) is 0 Å². The third kappa shape index (κ3) is 4.75. The zero-order valence-corrected chi connectivity index (χ0v) is 15.7. The number of rotatable bonds is 6. The molecule has 0 N–H and O–H groups in total. The van der Waals surface area contributed by atoms with Crippen molar-refractivity contribution in [1.29, 1.82) is 5.26 Å². The Morgan fingerprint density at radius 2 is 1.89 bits per heavy atom. The molecule has 0 bridgehead atoms. The topological polar surface area (TPSA) is 61.9 Å². The second kappa shape index (κ2) is 8.52. The van der Waals surface area contributed by atoms with E-state index in [1.54, 1.807) is 41.2 Å². The summed E-state index contributed by atoms with van der Waals surface area (Å²) in [5.74, 6) is -0.107. The summed E-state index contributed by atoms with van der Waals surface area (Å²) in [6, 6.07) is 15.1. The van der Waals surface area contributed by atoms with E-state index >= 15 is 0 Å². The Balaban J connectivity index is 1.82. The van der Waals surface area contributed by atoms with Crippen LogP contribution < -0.4 is 0 Å². The Morgan fingerprint density at radius 3 is 2.52 bits per heavy atom. The summed E-state index contributed by atoms with van der Waals surface area (Å²) in [7, 11) is 1.78. The Hall–Kier alpha value is -3.10. The second-order valence-electron chi connectivity index (χ2n) is 6.30. The van der Waals surface area contributed by atoms with Gasteiger partial charge in [0.15, 0.2) is 0 Å². The summed E-state index contributed by atoms with van der Waals surface area (Å²) >= 11 is 5.95. The van der Waals surface area contributed by atoms with Crippen LogP contribution in [0.4, 0.5) is 0 Å². The van der Waals surface area contributed by atoms with E-state index in [4.69, 9.17) is 16.9 Å². The van der Waals surface area contributed by atoms with Gasteiger partial charge in [-0.15, -0.1) is 0 Å². The molecule has 136 valence electrons. The van der Waals surface area contributed by atoms with Gasteiger partial charge in [0.2, 0.25) is 0 Å². The first-order chi connectivity index (χ1) is 13.1. The van der Waals surface area contributed by atoms with Crippen molar-refractivity contribution >= 4 is 17.5 Å². The van der Waals surface area contributed by atoms with Gasteiger partial charge < -0.3 is 9.47 Å². The third-order valence-corrected chi connectivity index (χ3v) is 4.60. The van der Waals surface area contributed by atoms with Crippen molar-refractivity contribution < 1.29 is 4.79 Å². The summed E-state index contributed by atoms with van der Waals surface area (Å²) < 4.78 is 1.70. The third-order valence-electron chi connectivity index (χ3n) is 4.35. The molecule has 2 heterocycles. The molecule has 0 aliphatic heterocycles. The number of carbonyl (C=O) groups excluding carboxylic acids is 1. The minimum Gasteiger partial charge on any atom is -0.345 e. The molecule has 6 heteroatoms. The minimum atomic E-state index is -0.107. The number of amides is 1. The van der Waals surface area contributed by atoms with Crippen LogP contribution in [0, 0.1) is 11.3 Å². The summed E-state index contributed by atoms with van der Waals surface area (Å²) in [6.45, 7) is 1.03. The number of aromatic nitrogens is 2. The van der Waals surface area contributed by atoms with Gasteiger partial charge in [0.25, 0.3) is 5.91 Å². The lowest BCUT2D eigenvalue weighted by Crippen LogP contribution is -2.33. The van der Waals surface area contributed by atoms with Crippen molar-refractivity contribution in [1.82, 2.24) is 14.5 Å². The van der Waals surface area contributed by atoms with E-state index in [1.807, 2.05) is 36.4 Å². The van der Waals surface area contributed by atoms with Gasteiger partial charge in [-0.3, -0.25) is 9.78 Å². The number of hydrogen-bond donors (Lipinski definition) is 0. The molecule has 5 nitrogen and oxygen atoms in total. The van der Waals surface area contributed by atoms with Gasteiger partial charge in [0.05, 0.1) is 5.56 Å². The fraction of sp³-hybridized carbons (Fsp3) is 0.190. The van der Waals surface area contributed by atoms with Crippen LogP contribution in [-0.4, -0.2) is 26.9 Å². The van der Waals surface area contributed by atoms with E-state index in [0.29, 0.717) is 35.8 Å². The van der Waals surface area contributed by atoms with E-state index in [2.05, 4.69) is 11.1 Å². The minimum absolute atomic E-state index is 0.107. The lowest BCUT2D eigenvalue weighted by Gasteiger charge is -2.23. The SMILES string of the molecule is Cn1cc(C#N)cc1C(=O)N(CCc1ccc(Cl)cc1)Cc1ccncc1. The van der Waals surface area contributed by atoms with Crippen molar-refractivity contribution in [2.45, 2.75) is 13.0 Å². The zero-order chi connectivity index (χ0) is 19.2. The number of benzene rings is 1. The quantitative estimate of drug-likeness (QED) is 0.654. The standard InChI is InChI=1S/C21H19ClN4O/c1-25-14-18(13-23)12-20(25)21(27)26(15-17-6-9-24-10-7-17)11-8-16-2-4-19(22)5-3-16/h2-7,9-10,12,14H,8,11,15H2,1H3. The molecule has 1 aromatic carbocycles. The maximum atomic E-state index is 13.1. The number of aryl methyl sites for hydroxylation is 1. The molecule has 3 aromatic rings. The van der Waals surface area contributed by atoms with Crippen LogP contribution in [0.2, 0.25) is 5.02 Å². The largest absolute Gasteiger partial charge is 0.345 e. The highest BCUT2D eigenvalue weighted by Crippen LogP contribution is 2.15. The van der Waals surface area contributed by atoms with Gasteiger partial charge in [0, 0.05) is 43.8 Å². The maximum absolute atomic E-state index is 13.1. The van der Waals surface area contributed by atoms with E-state index in [-0.39, 0.29) is 5.91 Å². The van der Waals surface area contributed by atoms with Crippen LogP contribution in [0.1, 0.15) is 27.2 Å². The Bertz CT molecular complexity index is 958. The van der Waals surface area contributed by atoms with Crippen molar-refractivity contribution in [3.05, 3.63) is 88.5 Å². The molecule has 0 unspecified atom stereocenters.